The molecule has 0 aromatic carbocycles. The van der Waals surface area contributed by atoms with Crippen molar-refractivity contribution in [3.05, 3.63) is 59.3 Å². The fourth-order valence-corrected chi connectivity index (χ4v) is 13.7. The van der Waals surface area contributed by atoms with Gasteiger partial charge in [0, 0.05) is 0 Å². The molecule has 5 heteroatoms. The van der Waals surface area contributed by atoms with Crippen LogP contribution in [0.25, 0.3) is 19.5 Å². The summed E-state index contributed by atoms with van der Waals surface area (Å²) in [6, 6.07) is 18.1. The molecule has 22 heavy (non-hydrogen) atoms. The molecule has 0 radical (unpaired) electrons. The molecule has 0 bridgehead atoms. The Kier molecular flexibility index (Phi) is 4.56. The summed E-state index contributed by atoms with van der Waals surface area (Å²) in [6.45, 7) is 0. The summed E-state index contributed by atoms with van der Waals surface area (Å²) in [7, 11) is 0. The molecule has 0 aliphatic rings. The van der Waals surface area contributed by atoms with E-state index in [0.29, 0.717) is 0 Å². The van der Waals surface area contributed by atoms with Crippen molar-refractivity contribution >= 4 is 71.2 Å². The van der Waals surface area contributed by atoms with Crippen LogP contribution in [0.1, 0.15) is 0 Å². The average Bonchev–Trinajstić information content (AvgIpc) is 3.35. The summed E-state index contributed by atoms with van der Waals surface area (Å²) < 4.78 is 3.26. The molecule has 0 aliphatic carbocycles. The van der Waals surface area contributed by atoms with Crippen LogP contribution < -0.4 is 5.65 Å². The number of thiophene rings is 4. The molecule has 4 rings (SSSR count). The van der Waals surface area contributed by atoms with E-state index in [1.54, 1.807) is 5.65 Å². The first-order chi connectivity index (χ1) is 10.8. The summed E-state index contributed by atoms with van der Waals surface area (Å²) in [5.41, 5.74) is 0. The molecule has 0 fully saturated rings. The maximum atomic E-state index is 2.50. The van der Waals surface area contributed by atoms with Crippen molar-refractivity contribution in [2.24, 2.45) is 0 Å². The number of rotatable bonds is 4. The van der Waals surface area contributed by atoms with E-state index in [-0.39, 0.29) is 0 Å². The van der Waals surface area contributed by atoms with Gasteiger partial charge in [-0.1, -0.05) is 0 Å². The van der Waals surface area contributed by atoms with Gasteiger partial charge in [-0.3, -0.25) is 0 Å². The van der Waals surface area contributed by atoms with Crippen molar-refractivity contribution in [1.29, 1.82) is 0 Å². The molecule has 0 amide bonds. The molecule has 4 aromatic rings. The Balaban J connectivity index is 1.61. The van der Waals surface area contributed by atoms with Crippen molar-refractivity contribution < 1.29 is 0 Å². The topological polar surface area (TPSA) is 0 Å². The number of hydrogen-bond donors (Lipinski definition) is 0. The zero-order valence-electron chi connectivity index (χ0n) is 11.9. The monoisotopic (exact) mass is 466 g/mol. The van der Waals surface area contributed by atoms with E-state index >= 15 is 0 Å². The fourth-order valence-electron chi connectivity index (χ4n) is 2.23. The standard InChI is InChI=1S/2C8H5S2.CH3.Sb/c2*1-3-7(9-5-1)8-4-2-6-10-8;;/h2*1-5H;1H3;. The van der Waals surface area contributed by atoms with Gasteiger partial charge >= 0.3 is 155 Å². The Morgan fingerprint density at radius 3 is 1.55 bits per heavy atom. The van der Waals surface area contributed by atoms with E-state index in [0.717, 1.165) is 0 Å². The Bertz CT molecular complexity index is 780. The second kappa shape index (κ2) is 6.62. The summed E-state index contributed by atoms with van der Waals surface area (Å²) in [4.78, 5) is 8.15. The van der Waals surface area contributed by atoms with Gasteiger partial charge in [-0.15, -0.1) is 0 Å². The number of hydrogen-bond acceptors (Lipinski definition) is 4. The SMILES string of the molecule is [CH3][Sb]([c]1ccc(-c2cccs2)s1)[c]1ccc(-c2cccs2)s1. The normalized spacial score (nSPS) is 11.4. The quantitative estimate of drug-likeness (QED) is 0.348. The van der Waals surface area contributed by atoms with Crippen molar-refractivity contribution in [2.45, 2.75) is 4.87 Å². The van der Waals surface area contributed by atoms with Gasteiger partial charge in [0.2, 0.25) is 0 Å². The van der Waals surface area contributed by atoms with E-state index in [1.807, 2.05) is 45.3 Å². The van der Waals surface area contributed by atoms with E-state index in [1.165, 1.54) is 19.5 Å². The molecule has 0 unspecified atom stereocenters. The molecule has 0 spiro atoms. The van der Waals surface area contributed by atoms with Crippen LogP contribution in [0.2, 0.25) is 4.87 Å². The van der Waals surface area contributed by atoms with E-state index in [4.69, 9.17) is 0 Å². The van der Waals surface area contributed by atoms with Crippen LogP contribution in [0.15, 0.2) is 59.3 Å². The maximum absolute atomic E-state index is 2.50. The van der Waals surface area contributed by atoms with Crippen LogP contribution in [-0.4, -0.2) is 20.2 Å². The third kappa shape index (κ3) is 3.00. The molecule has 0 aliphatic heterocycles. The van der Waals surface area contributed by atoms with E-state index in [2.05, 4.69) is 64.2 Å². The van der Waals surface area contributed by atoms with Gasteiger partial charge in [0.15, 0.2) is 0 Å². The van der Waals surface area contributed by atoms with Crippen LogP contribution in [0.3, 0.4) is 0 Å². The van der Waals surface area contributed by atoms with E-state index < -0.39 is 20.2 Å². The van der Waals surface area contributed by atoms with Crippen LogP contribution in [-0.2, 0) is 0 Å². The van der Waals surface area contributed by atoms with Gasteiger partial charge < -0.3 is 0 Å². The zero-order valence-corrected chi connectivity index (χ0v) is 17.7. The first kappa shape index (κ1) is 15.2. The summed E-state index contributed by atoms with van der Waals surface area (Å²) in [6.07, 6.45) is 0. The van der Waals surface area contributed by atoms with Crippen molar-refractivity contribution in [2.75, 3.05) is 0 Å². The van der Waals surface area contributed by atoms with E-state index in [9.17, 15) is 0 Å². The minimum atomic E-state index is -1.52. The van der Waals surface area contributed by atoms with Crippen molar-refractivity contribution in [3.63, 3.8) is 0 Å². The first-order valence-corrected chi connectivity index (χ1v) is 15.3. The summed E-state index contributed by atoms with van der Waals surface area (Å²) in [5.74, 6) is 0. The molecule has 0 nitrogen and oxygen atoms in total. The fraction of sp³-hybridized carbons (Fsp3) is 0.0588. The van der Waals surface area contributed by atoms with Crippen LogP contribution >= 0.6 is 45.3 Å². The molecule has 0 saturated carbocycles. The molecule has 4 heterocycles. The zero-order chi connectivity index (χ0) is 14.9. The molecule has 4 aromatic heterocycles. The summed E-state index contributed by atoms with van der Waals surface area (Å²) >= 11 is 6.15. The minimum absolute atomic E-state index is 1.40. The molecular formula is C17H13S4Sb. The van der Waals surface area contributed by atoms with Crippen molar-refractivity contribution in [1.82, 2.24) is 0 Å². The van der Waals surface area contributed by atoms with Gasteiger partial charge in [0.25, 0.3) is 0 Å². The van der Waals surface area contributed by atoms with Crippen molar-refractivity contribution in [3.8, 4) is 19.5 Å². The van der Waals surface area contributed by atoms with Gasteiger partial charge in [-0.25, -0.2) is 0 Å². The molecular weight excluding hydrogens is 454 g/mol. The average molecular weight is 467 g/mol. The van der Waals surface area contributed by atoms with Crippen LogP contribution in [0.4, 0.5) is 0 Å². The van der Waals surface area contributed by atoms with Gasteiger partial charge in [-0.05, 0) is 0 Å². The third-order valence-electron chi connectivity index (χ3n) is 3.37. The first-order valence-electron chi connectivity index (χ1n) is 6.82. The predicted molar refractivity (Wildman–Crippen MR) is 106 cm³/mol. The Morgan fingerprint density at radius 2 is 1.14 bits per heavy atom. The molecule has 0 atom stereocenters. The molecule has 0 N–H and O–H groups in total. The van der Waals surface area contributed by atoms with Crippen LogP contribution in [0.5, 0.6) is 0 Å². The third-order valence-corrected chi connectivity index (χ3v) is 17.1. The Hall–Kier alpha value is -0.382. The summed E-state index contributed by atoms with van der Waals surface area (Å²) in [5, 5.41) is 4.32. The van der Waals surface area contributed by atoms with Gasteiger partial charge in [-0.2, -0.15) is 0 Å². The second-order valence-corrected chi connectivity index (χ2v) is 16.6. The second-order valence-electron chi connectivity index (χ2n) is 4.79. The molecule has 110 valence electrons. The Labute approximate surface area is 153 Å². The Morgan fingerprint density at radius 1 is 0.636 bits per heavy atom. The van der Waals surface area contributed by atoms with Gasteiger partial charge in [0.1, 0.15) is 0 Å². The predicted octanol–water partition coefficient (Wildman–Crippen LogP) is 5.51. The van der Waals surface area contributed by atoms with Gasteiger partial charge in [0.05, 0.1) is 0 Å². The van der Waals surface area contributed by atoms with Crippen LogP contribution in [0, 0.1) is 0 Å². The molecule has 0 saturated heterocycles.